The van der Waals surface area contributed by atoms with Gasteiger partial charge in [0.15, 0.2) is 5.79 Å². The van der Waals surface area contributed by atoms with E-state index in [2.05, 4.69) is 5.32 Å². The van der Waals surface area contributed by atoms with Crippen molar-refractivity contribution in [3.8, 4) is 0 Å². The fourth-order valence-electron chi connectivity index (χ4n) is 2.50. The molecule has 7 heteroatoms. The van der Waals surface area contributed by atoms with Gasteiger partial charge in [-0.15, -0.1) is 0 Å². The van der Waals surface area contributed by atoms with Gasteiger partial charge in [0.25, 0.3) is 0 Å². The lowest BCUT2D eigenvalue weighted by molar-refractivity contribution is -0.151. The molecule has 2 rings (SSSR count). The third-order valence-electron chi connectivity index (χ3n) is 3.25. The maximum absolute atomic E-state index is 12.1. The number of amides is 1. The van der Waals surface area contributed by atoms with E-state index in [1.807, 2.05) is 0 Å². The van der Waals surface area contributed by atoms with E-state index in [-0.39, 0.29) is 6.61 Å². The Bertz CT molecular complexity index is 519. The topological polar surface area (TPSA) is 90.2 Å². The van der Waals surface area contributed by atoms with E-state index in [4.69, 9.17) is 18.6 Å². The minimum absolute atomic E-state index is 0.235. The molecular formula is C16H25NO6. The van der Waals surface area contributed by atoms with Gasteiger partial charge in [0.1, 0.15) is 29.6 Å². The number of alkyl carbamates (subject to hydrolysis) is 1. The van der Waals surface area contributed by atoms with Gasteiger partial charge in [-0.2, -0.15) is 0 Å². The molecule has 1 saturated heterocycles. The van der Waals surface area contributed by atoms with Crippen LogP contribution in [0.3, 0.4) is 0 Å². The van der Waals surface area contributed by atoms with Crippen molar-refractivity contribution in [3.05, 3.63) is 24.2 Å². The van der Waals surface area contributed by atoms with Gasteiger partial charge in [-0.25, -0.2) is 4.79 Å². The average molecular weight is 327 g/mol. The van der Waals surface area contributed by atoms with Crippen LogP contribution in [0.15, 0.2) is 22.8 Å². The van der Waals surface area contributed by atoms with E-state index in [9.17, 15) is 9.90 Å². The minimum atomic E-state index is -0.863. The van der Waals surface area contributed by atoms with E-state index in [0.29, 0.717) is 5.76 Å². The molecule has 1 aliphatic rings. The van der Waals surface area contributed by atoms with E-state index in [1.54, 1.807) is 46.8 Å². The summed E-state index contributed by atoms with van der Waals surface area (Å²) in [4.78, 5) is 12.1. The number of ether oxygens (including phenoxy) is 3. The summed E-state index contributed by atoms with van der Waals surface area (Å²) in [7, 11) is 0. The third kappa shape index (κ3) is 4.70. The molecule has 1 aromatic rings. The minimum Gasteiger partial charge on any atom is -0.467 e. The van der Waals surface area contributed by atoms with Crippen molar-refractivity contribution >= 4 is 6.09 Å². The van der Waals surface area contributed by atoms with Crippen LogP contribution in [-0.2, 0) is 14.2 Å². The van der Waals surface area contributed by atoms with Gasteiger partial charge in [0, 0.05) is 0 Å². The summed E-state index contributed by atoms with van der Waals surface area (Å²) in [5.74, 6) is -0.362. The SMILES string of the molecule is CC(C)(C)OC(=O)N[C@@H](c1ccco1)[C@@H]1OC(C)(C)O[C@H]1CO. The molecule has 3 atom stereocenters. The molecule has 0 saturated carbocycles. The maximum Gasteiger partial charge on any atom is 0.408 e. The molecule has 2 N–H and O–H groups in total. The Morgan fingerprint density at radius 1 is 1.43 bits per heavy atom. The summed E-state index contributed by atoms with van der Waals surface area (Å²) < 4.78 is 22.2. The first kappa shape index (κ1) is 17.8. The van der Waals surface area contributed by atoms with Crippen LogP contribution in [0.2, 0.25) is 0 Å². The molecule has 7 nitrogen and oxygen atoms in total. The van der Waals surface area contributed by atoms with Gasteiger partial charge in [-0.1, -0.05) is 0 Å². The lowest BCUT2D eigenvalue weighted by Crippen LogP contribution is -2.44. The molecule has 0 unspecified atom stereocenters. The monoisotopic (exact) mass is 327 g/mol. The summed E-state index contributed by atoms with van der Waals surface area (Å²) in [6.45, 7) is 8.61. The summed E-state index contributed by atoms with van der Waals surface area (Å²) >= 11 is 0. The number of rotatable bonds is 4. The van der Waals surface area contributed by atoms with Crippen molar-refractivity contribution in [1.82, 2.24) is 5.32 Å². The Labute approximate surface area is 135 Å². The molecule has 1 amide bonds. The van der Waals surface area contributed by atoms with Crippen LogP contribution in [0.4, 0.5) is 4.79 Å². The molecule has 1 fully saturated rings. The second-order valence-electron chi connectivity index (χ2n) is 6.96. The second kappa shape index (κ2) is 6.51. The molecule has 0 aromatic carbocycles. The molecule has 1 aliphatic heterocycles. The number of furan rings is 1. The van der Waals surface area contributed by atoms with Gasteiger partial charge in [0.05, 0.1) is 12.9 Å². The highest BCUT2D eigenvalue weighted by Crippen LogP contribution is 2.35. The lowest BCUT2D eigenvalue weighted by atomic mass is 10.0. The first-order valence-corrected chi connectivity index (χ1v) is 7.61. The molecule has 2 heterocycles. The lowest BCUT2D eigenvalue weighted by Gasteiger charge is -2.27. The standard InChI is InChI=1S/C16H25NO6/c1-15(2,3)23-14(19)17-12(10-7-6-8-20-10)13-11(9-18)21-16(4,5)22-13/h6-8,11-13,18H,9H2,1-5H3,(H,17,19)/t11-,12-,13+/m0/s1. The smallest absolute Gasteiger partial charge is 0.408 e. The highest BCUT2D eigenvalue weighted by Gasteiger charge is 2.47. The van der Waals surface area contributed by atoms with Gasteiger partial charge in [-0.05, 0) is 46.8 Å². The van der Waals surface area contributed by atoms with Crippen LogP contribution in [-0.4, -0.2) is 41.4 Å². The van der Waals surface area contributed by atoms with Crippen LogP contribution >= 0.6 is 0 Å². The molecule has 0 radical (unpaired) electrons. The Kier molecular flexibility index (Phi) is 5.03. The zero-order chi connectivity index (χ0) is 17.3. The van der Waals surface area contributed by atoms with E-state index in [0.717, 1.165) is 0 Å². The molecule has 1 aromatic heterocycles. The summed E-state index contributed by atoms with van der Waals surface area (Å²) in [6, 6.07) is 2.80. The Balaban J connectivity index is 2.20. The number of nitrogens with one attached hydrogen (secondary N) is 1. The van der Waals surface area contributed by atoms with E-state index in [1.165, 1.54) is 6.26 Å². The van der Waals surface area contributed by atoms with E-state index >= 15 is 0 Å². The first-order chi connectivity index (χ1) is 10.6. The number of aliphatic hydroxyl groups excluding tert-OH is 1. The van der Waals surface area contributed by atoms with Crippen LogP contribution < -0.4 is 5.32 Å². The Morgan fingerprint density at radius 3 is 2.65 bits per heavy atom. The molecule has 0 aliphatic carbocycles. The molecule has 0 spiro atoms. The number of hydrogen-bond donors (Lipinski definition) is 2. The fourth-order valence-corrected chi connectivity index (χ4v) is 2.50. The average Bonchev–Trinajstić information content (AvgIpc) is 3.01. The first-order valence-electron chi connectivity index (χ1n) is 7.61. The van der Waals surface area contributed by atoms with Crippen molar-refractivity contribution in [3.63, 3.8) is 0 Å². The Hall–Kier alpha value is -1.57. The van der Waals surface area contributed by atoms with Gasteiger partial charge >= 0.3 is 6.09 Å². The van der Waals surface area contributed by atoms with Crippen molar-refractivity contribution in [1.29, 1.82) is 0 Å². The molecule has 130 valence electrons. The molecule has 0 bridgehead atoms. The Morgan fingerprint density at radius 2 is 2.13 bits per heavy atom. The van der Waals surface area contributed by atoms with Gasteiger partial charge < -0.3 is 29.1 Å². The van der Waals surface area contributed by atoms with E-state index < -0.39 is 35.7 Å². The number of carbonyl (C=O) groups is 1. The van der Waals surface area contributed by atoms with Crippen LogP contribution in [0.1, 0.15) is 46.4 Å². The normalized spacial score (nSPS) is 25.1. The number of hydrogen-bond acceptors (Lipinski definition) is 6. The summed E-state index contributed by atoms with van der Waals surface area (Å²) in [5, 5.41) is 12.3. The number of aliphatic hydroxyl groups is 1. The second-order valence-corrected chi connectivity index (χ2v) is 6.96. The summed E-state index contributed by atoms with van der Waals surface area (Å²) in [5.41, 5.74) is -0.625. The van der Waals surface area contributed by atoms with Crippen LogP contribution in [0.25, 0.3) is 0 Å². The number of carbonyl (C=O) groups excluding carboxylic acids is 1. The fraction of sp³-hybridized carbons (Fsp3) is 0.688. The van der Waals surface area contributed by atoms with Crippen molar-refractivity contribution in [2.75, 3.05) is 6.61 Å². The van der Waals surface area contributed by atoms with Crippen molar-refractivity contribution in [2.24, 2.45) is 0 Å². The van der Waals surface area contributed by atoms with Gasteiger partial charge in [0.2, 0.25) is 0 Å². The third-order valence-corrected chi connectivity index (χ3v) is 3.25. The predicted molar refractivity (Wildman–Crippen MR) is 81.7 cm³/mol. The highest BCUT2D eigenvalue weighted by molar-refractivity contribution is 5.68. The highest BCUT2D eigenvalue weighted by atomic mass is 16.8. The van der Waals surface area contributed by atoms with Crippen molar-refractivity contribution < 1.29 is 28.5 Å². The maximum atomic E-state index is 12.1. The molecular weight excluding hydrogens is 302 g/mol. The van der Waals surface area contributed by atoms with Crippen LogP contribution in [0.5, 0.6) is 0 Å². The zero-order valence-electron chi connectivity index (χ0n) is 14.2. The quantitative estimate of drug-likeness (QED) is 0.882. The largest absolute Gasteiger partial charge is 0.467 e. The van der Waals surface area contributed by atoms with Gasteiger partial charge in [-0.3, -0.25) is 0 Å². The summed E-state index contributed by atoms with van der Waals surface area (Å²) in [6.07, 6.45) is -0.277. The van der Waals surface area contributed by atoms with Crippen molar-refractivity contribution in [2.45, 2.75) is 64.3 Å². The molecule has 23 heavy (non-hydrogen) atoms. The zero-order valence-corrected chi connectivity index (χ0v) is 14.2. The predicted octanol–water partition coefficient (Wildman–Crippen LogP) is 2.36. The van der Waals surface area contributed by atoms with Crippen LogP contribution in [0, 0.1) is 0 Å².